The van der Waals surface area contributed by atoms with Crippen LogP contribution in [0.2, 0.25) is 0 Å². The molecule has 1 aliphatic rings. The van der Waals surface area contributed by atoms with Crippen molar-refractivity contribution in [3.8, 4) is 5.75 Å². The normalized spacial score (nSPS) is 19.2. The highest BCUT2D eigenvalue weighted by molar-refractivity contribution is 5.55. The Morgan fingerprint density at radius 1 is 1.00 bits per heavy atom. The van der Waals surface area contributed by atoms with Crippen LogP contribution in [0.15, 0.2) is 48.5 Å². The molecule has 1 atom stereocenters. The van der Waals surface area contributed by atoms with Crippen molar-refractivity contribution in [2.24, 2.45) is 5.92 Å². The van der Waals surface area contributed by atoms with Crippen molar-refractivity contribution in [3.63, 3.8) is 0 Å². The Labute approximate surface area is 102 Å². The van der Waals surface area contributed by atoms with Gasteiger partial charge in [-0.05, 0) is 41.2 Å². The summed E-state index contributed by atoms with van der Waals surface area (Å²) in [7, 11) is 0. The third-order valence-corrected chi connectivity index (χ3v) is 3.50. The second-order valence-corrected chi connectivity index (χ2v) is 4.72. The summed E-state index contributed by atoms with van der Waals surface area (Å²) in [6.07, 6.45) is 1.12. The molecule has 1 aliphatic carbocycles. The Bertz CT molecular complexity index is 527. The monoisotopic (exact) mass is 223 g/mol. The Morgan fingerprint density at radius 2 is 1.71 bits per heavy atom. The molecule has 2 aromatic carbocycles. The summed E-state index contributed by atoms with van der Waals surface area (Å²) < 4.78 is 0. The maximum atomic E-state index is 9.35. The van der Waals surface area contributed by atoms with Crippen molar-refractivity contribution in [1.82, 2.24) is 0 Å². The van der Waals surface area contributed by atoms with Gasteiger partial charge in [-0.2, -0.15) is 0 Å². The molecule has 0 spiro atoms. The number of hydrogen-bond acceptors (Lipinski definition) is 1. The lowest BCUT2D eigenvalue weighted by molar-refractivity contribution is 0.475. The van der Waals surface area contributed by atoms with Gasteiger partial charge in [-0.3, -0.25) is 0 Å². The molecule has 0 aromatic heterocycles. The van der Waals surface area contributed by atoms with Gasteiger partial charge in [0.15, 0.2) is 0 Å². The molecule has 0 saturated heterocycles. The van der Waals surface area contributed by atoms with Gasteiger partial charge in [-0.25, -0.2) is 0 Å². The summed E-state index contributed by atoms with van der Waals surface area (Å²) in [6.45, 7) is 2.27. The molecular weight excluding hydrogens is 208 g/mol. The Hall–Kier alpha value is -1.76. The van der Waals surface area contributed by atoms with E-state index in [1.807, 2.05) is 12.1 Å². The largest absolute Gasteiger partial charge is 0.508 e. The highest BCUT2D eigenvalue weighted by Gasteiger charge is 2.30. The van der Waals surface area contributed by atoms with E-state index in [0.29, 0.717) is 11.7 Å². The zero-order chi connectivity index (χ0) is 11.8. The van der Waals surface area contributed by atoms with E-state index < -0.39 is 0 Å². The van der Waals surface area contributed by atoms with E-state index in [1.165, 1.54) is 22.6 Å². The first kappa shape index (κ1) is 10.4. The van der Waals surface area contributed by atoms with Crippen LogP contribution in [0.1, 0.15) is 23.6 Å². The zero-order valence-corrected chi connectivity index (χ0v) is 9.85. The van der Waals surface area contributed by atoms with Gasteiger partial charge in [-0.1, -0.05) is 43.3 Å². The van der Waals surface area contributed by atoms with Crippen LogP contribution in [0.3, 0.4) is 0 Å². The fourth-order valence-electron chi connectivity index (χ4n) is 2.74. The number of phenols is 1. The topological polar surface area (TPSA) is 20.2 Å². The lowest BCUT2D eigenvalue weighted by atomic mass is 9.87. The van der Waals surface area contributed by atoms with E-state index in [-0.39, 0.29) is 0 Å². The number of hydrogen-bond donors (Lipinski definition) is 1. The van der Waals surface area contributed by atoms with Gasteiger partial charge in [-0.15, -0.1) is 0 Å². The van der Waals surface area contributed by atoms with Crippen LogP contribution in [0.25, 0.3) is 0 Å². The van der Waals surface area contributed by atoms with Crippen LogP contribution in [-0.4, -0.2) is 5.11 Å². The van der Waals surface area contributed by atoms with E-state index in [2.05, 4.69) is 31.2 Å². The molecule has 0 fully saturated rings. The average molecular weight is 223 g/mol. The summed E-state index contributed by atoms with van der Waals surface area (Å²) in [5, 5.41) is 9.35. The lowest BCUT2D eigenvalue weighted by Gasteiger charge is -2.16. The van der Waals surface area contributed by atoms with Crippen LogP contribution in [0.5, 0.6) is 5.75 Å². The fraction of sp³-hybridized carbons (Fsp3) is 0.188. The number of aromatic hydroxyl groups is 1. The molecule has 17 heavy (non-hydrogen) atoms. The Balaban J connectivity index is 2.06. The first-order chi connectivity index (χ1) is 8.25. The van der Waals surface area contributed by atoms with Gasteiger partial charge < -0.3 is 5.11 Å². The predicted octanol–water partition coefficient (Wildman–Crippen LogP) is 3.56. The van der Waals surface area contributed by atoms with Crippen LogP contribution >= 0.6 is 0 Å². The molecule has 3 rings (SSSR count). The maximum absolute atomic E-state index is 9.35. The van der Waals surface area contributed by atoms with Crippen molar-refractivity contribution < 1.29 is 5.11 Å². The quantitative estimate of drug-likeness (QED) is 0.783. The van der Waals surface area contributed by atoms with E-state index in [4.69, 9.17) is 0 Å². The van der Waals surface area contributed by atoms with Gasteiger partial charge in [0.2, 0.25) is 0 Å². The maximum Gasteiger partial charge on any atom is 0.115 e. The molecule has 0 heterocycles. The SMILES string of the molecule is CC1Cc2ccccc2[C]1c1ccc(O)cc1. The molecule has 1 heteroatoms. The van der Waals surface area contributed by atoms with E-state index in [9.17, 15) is 5.11 Å². The van der Waals surface area contributed by atoms with Crippen LogP contribution in [0, 0.1) is 11.8 Å². The summed E-state index contributed by atoms with van der Waals surface area (Å²) in [6, 6.07) is 16.1. The van der Waals surface area contributed by atoms with Crippen molar-refractivity contribution in [2.75, 3.05) is 0 Å². The molecule has 1 unspecified atom stereocenters. The lowest BCUT2D eigenvalue weighted by Crippen LogP contribution is -2.06. The minimum atomic E-state index is 0.327. The van der Waals surface area contributed by atoms with Crippen molar-refractivity contribution in [1.29, 1.82) is 0 Å². The van der Waals surface area contributed by atoms with Crippen LogP contribution < -0.4 is 0 Å². The molecule has 2 aromatic rings. The van der Waals surface area contributed by atoms with Gasteiger partial charge in [0, 0.05) is 5.92 Å². The minimum Gasteiger partial charge on any atom is -0.508 e. The summed E-state index contributed by atoms with van der Waals surface area (Å²) >= 11 is 0. The molecule has 85 valence electrons. The van der Waals surface area contributed by atoms with Gasteiger partial charge in [0.05, 0.1) is 0 Å². The number of phenolic OH excluding ortho intramolecular Hbond substituents is 1. The predicted molar refractivity (Wildman–Crippen MR) is 68.9 cm³/mol. The number of fused-ring (bicyclic) bond motifs is 1. The van der Waals surface area contributed by atoms with E-state index in [1.54, 1.807) is 12.1 Å². The van der Waals surface area contributed by atoms with Crippen molar-refractivity contribution in [2.45, 2.75) is 13.3 Å². The minimum absolute atomic E-state index is 0.327. The van der Waals surface area contributed by atoms with Crippen LogP contribution in [-0.2, 0) is 6.42 Å². The third-order valence-electron chi connectivity index (χ3n) is 3.50. The Morgan fingerprint density at radius 3 is 2.47 bits per heavy atom. The Kier molecular flexibility index (Phi) is 2.40. The second kappa shape index (κ2) is 3.92. The third kappa shape index (κ3) is 1.72. The molecule has 1 N–H and O–H groups in total. The molecular formula is C16H15O. The molecule has 0 aliphatic heterocycles. The summed E-state index contributed by atoms with van der Waals surface area (Å²) in [4.78, 5) is 0. The zero-order valence-electron chi connectivity index (χ0n) is 9.85. The second-order valence-electron chi connectivity index (χ2n) is 4.72. The molecule has 0 amide bonds. The van der Waals surface area contributed by atoms with Gasteiger partial charge in [0.1, 0.15) is 5.75 Å². The van der Waals surface area contributed by atoms with Gasteiger partial charge in [0.25, 0.3) is 0 Å². The first-order valence-corrected chi connectivity index (χ1v) is 6.00. The van der Waals surface area contributed by atoms with Crippen molar-refractivity contribution in [3.05, 3.63) is 71.1 Å². The van der Waals surface area contributed by atoms with Crippen molar-refractivity contribution >= 4 is 0 Å². The van der Waals surface area contributed by atoms with Crippen LogP contribution in [0.4, 0.5) is 0 Å². The first-order valence-electron chi connectivity index (χ1n) is 6.00. The summed E-state index contributed by atoms with van der Waals surface area (Å²) in [5.41, 5.74) is 4.02. The number of benzene rings is 2. The molecule has 0 saturated carbocycles. The smallest absolute Gasteiger partial charge is 0.115 e. The van der Waals surface area contributed by atoms with Gasteiger partial charge >= 0.3 is 0 Å². The highest BCUT2D eigenvalue weighted by Crippen LogP contribution is 2.41. The fourth-order valence-corrected chi connectivity index (χ4v) is 2.74. The van der Waals surface area contributed by atoms with E-state index >= 15 is 0 Å². The molecule has 1 radical (unpaired) electrons. The highest BCUT2D eigenvalue weighted by atomic mass is 16.3. The molecule has 1 nitrogen and oxygen atoms in total. The molecule has 0 bridgehead atoms. The standard InChI is InChI=1S/C16H15O/c1-11-10-13-4-2-3-5-15(13)16(11)12-6-8-14(17)9-7-12/h2-9,11,17H,10H2,1H3. The average Bonchev–Trinajstić information content (AvgIpc) is 2.66. The van der Waals surface area contributed by atoms with E-state index in [0.717, 1.165) is 6.42 Å². The number of rotatable bonds is 1. The summed E-state index contributed by atoms with van der Waals surface area (Å²) in [5.74, 6) is 2.28.